The Morgan fingerprint density at radius 2 is 1.53 bits per heavy atom. The fraction of sp³-hybridized carbons (Fsp3) is 0.406. The second-order valence-corrected chi connectivity index (χ2v) is 11.9. The van der Waals surface area contributed by atoms with Gasteiger partial charge in [0.1, 0.15) is 11.4 Å². The molecule has 1 unspecified atom stereocenters. The van der Waals surface area contributed by atoms with Crippen LogP contribution in [0.25, 0.3) is 11.1 Å². The number of benzene rings is 2. The molecular formula is C32H32F7N3O3. The van der Waals surface area contributed by atoms with E-state index in [-0.39, 0.29) is 11.8 Å². The van der Waals surface area contributed by atoms with Crippen LogP contribution in [0.2, 0.25) is 0 Å². The molecule has 2 atom stereocenters. The van der Waals surface area contributed by atoms with Gasteiger partial charge in [0.05, 0.1) is 47.3 Å². The van der Waals surface area contributed by atoms with Crippen molar-refractivity contribution >= 4 is 17.6 Å². The number of alkyl halides is 6. The van der Waals surface area contributed by atoms with Gasteiger partial charge < -0.3 is 9.64 Å². The van der Waals surface area contributed by atoms with Crippen LogP contribution < -0.4 is 10.2 Å². The first kappa shape index (κ1) is 33.9. The number of rotatable bonds is 6. The molecule has 1 fully saturated rings. The molecule has 1 N–H and O–H groups in total. The maximum Gasteiger partial charge on any atom is 0.416 e. The topological polar surface area (TPSA) is 71.5 Å². The summed E-state index contributed by atoms with van der Waals surface area (Å²) in [6, 6.07) is 6.36. The van der Waals surface area contributed by atoms with Crippen molar-refractivity contribution in [3.8, 4) is 11.1 Å². The van der Waals surface area contributed by atoms with Gasteiger partial charge in [-0.3, -0.25) is 19.9 Å². The van der Waals surface area contributed by atoms with Crippen molar-refractivity contribution < 1.29 is 45.1 Å². The summed E-state index contributed by atoms with van der Waals surface area (Å²) in [7, 11) is 2.62. The monoisotopic (exact) mass is 639 g/mol. The van der Waals surface area contributed by atoms with Crippen molar-refractivity contribution in [1.82, 2.24) is 10.3 Å². The molecule has 0 saturated carbocycles. The Kier molecular flexibility index (Phi) is 8.84. The molecule has 4 rings (SSSR count). The van der Waals surface area contributed by atoms with Crippen molar-refractivity contribution in [2.24, 2.45) is 0 Å². The van der Waals surface area contributed by atoms with E-state index >= 15 is 0 Å². The molecule has 1 aliphatic rings. The third-order valence-corrected chi connectivity index (χ3v) is 8.31. The molecule has 0 radical (unpaired) electrons. The number of pyridine rings is 1. The zero-order valence-corrected chi connectivity index (χ0v) is 25.4. The summed E-state index contributed by atoms with van der Waals surface area (Å²) in [6.07, 6.45) is -7.86. The van der Waals surface area contributed by atoms with E-state index < -0.39 is 63.7 Å². The summed E-state index contributed by atoms with van der Waals surface area (Å²) in [5, 5.41) is 3.23. The number of halogens is 7. The molecule has 2 heterocycles. The van der Waals surface area contributed by atoms with Crippen LogP contribution in [0.5, 0.6) is 0 Å². The first-order chi connectivity index (χ1) is 20.7. The number of hydrogen-bond acceptors (Lipinski definition) is 5. The van der Waals surface area contributed by atoms with Crippen LogP contribution in [0.15, 0.2) is 48.7 Å². The van der Waals surface area contributed by atoms with Crippen molar-refractivity contribution in [1.29, 1.82) is 0 Å². The fourth-order valence-electron chi connectivity index (χ4n) is 5.61. The normalized spacial score (nSPS) is 19.0. The third kappa shape index (κ3) is 6.68. The Morgan fingerprint density at radius 3 is 2.07 bits per heavy atom. The van der Waals surface area contributed by atoms with Gasteiger partial charge in [0.15, 0.2) is 0 Å². The van der Waals surface area contributed by atoms with Gasteiger partial charge in [0.2, 0.25) is 5.91 Å². The number of esters is 1. The lowest BCUT2D eigenvalue weighted by Crippen LogP contribution is -2.46. The molecule has 1 aromatic heterocycles. The summed E-state index contributed by atoms with van der Waals surface area (Å²) >= 11 is 0. The Hall–Kier alpha value is -4.00. The quantitative estimate of drug-likeness (QED) is 0.223. The van der Waals surface area contributed by atoms with E-state index in [1.165, 1.54) is 52.4 Å². The molecule has 242 valence electrons. The summed E-state index contributed by atoms with van der Waals surface area (Å²) in [4.78, 5) is 31.9. The predicted octanol–water partition coefficient (Wildman–Crippen LogP) is 7.53. The lowest BCUT2D eigenvalue weighted by Gasteiger charge is -2.32. The number of nitrogens with one attached hydrogen (secondary N) is 1. The van der Waals surface area contributed by atoms with Crippen molar-refractivity contribution in [2.45, 2.75) is 69.9 Å². The van der Waals surface area contributed by atoms with E-state index in [1.54, 1.807) is 19.9 Å². The predicted molar refractivity (Wildman–Crippen MR) is 153 cm³/mol. The SMILES string of the molecule is COC(=O)[C@@]1(C)CCC(c2cc(-c3ccc(F)cc3C)c(N(C)C(=O)C(C)(C)c3cc(C(F)(F)F)cc(C(F)(F)F)c3)cn2)N1. The lowest BCUT2D eigenvalue weighted by molar-refractivity contribution is -0.147. The van der Waals surface area contributed by atoms with Gasteiger partial charge in [-0.2, -0.15) is 26.3 Å². The summed E-state index contributed by atoms with van der Waals surface area (Å²) < 4.78 is 101. The van der Waals surface area contributed by atoms with Gasteiger partial charge in [-0.1, -0.05) is 6.07 Å². The highest BCUT2D eigenvalue weighted by molar-refractivity contribution is 6.03. The van der Waals surface area contributed by atoms with Crippen molar-refractivity contribution in [3.63, 3.8) is 0 Å². The van der Waals surface area contributed by atoms with Crippen LogP contribution >= 0.6 is 0 Å². The number of carbonyl (C=O) groups is 2. The van der Waals surface area contributed by atoms with Crippen molar-refractivity contribution in [3.05, 3.63) is 82.4 Å². The highest BCUT2D eigenvalue weighted by Crippen LogP contribution is 2.42. The van der Waals surface area contributed by atoms with Crippen molar-refractivity contribution in [2.75, 3.05) is 19.1 Å². The smallest absolute Gasteiger partial charge is 0.416 e. The number of methoxy groups -OCH3 is 1. The van der Waals surface area contributed by atoms with Crippen LogP contribution in [0.4, 0.5) is 36.4 Å². The Labute approximate surface area is 255 Å². The fourth-order valence-corrected chi connectivity index (χ4v) is 5.61. The van der Waals surface area contributed by atoms with E-state index in [2.05, 4.69) is 10.3 Å². The van der Waals surface area contributed by atoms with E-state index in [0.29, 0.717) is 47.4 Å². The van der Waals surface area contributed by atoms with Crippen LogP contribution in [0.1, 0.15) is 67.6 Å². The highest BCUT2D eigenvalue weighted by atomic mass is 19.4. The van der Waals surface area contributed by atoms with Gasteiger partial charge in [0.25, 0.3) is 0 Å². The molecule has 2 aromatic carbocycles. The Balaban J connectivity index is 1.81. The number of anilines is 1. The number of amides is 1. The van der Waals surface area contributed by atoms with Gasteiger partial charge in [-0.05, 0) is 93.6 Å². The minimum atomic E-state index is -5.09. The zero-order valence-electron chi connectivity index (χ0n) is 25.4. The summed E-state index contributed by atoms with van der Waals surface area (Å²) in [5.41, 5.74) is -4.27. The number of nitrogens with zero attached hydrogens (tertiary/aromatic N) is 2. The van der Waals surface area contributed by atoms with Crippen LogP contribution in [-0.4, -0.2) is 36.6 Å². The number of aromatic nitrogens is 1. The molecule has 1 aliphatic heterocycles. The molecule has 6 nitrogen and oxygen atoms in total. The third-order valence-electron chi connectivity index (χ3n) is 8.31. The number of aryl methyl sites for hydroxylation is 1. The molecule has 45 heavy (non-hydrogen) atoms. The minimum absolute atomic E-state index is 0.00801. The summed E-state index contributed by atoms with van der Waals surface area (Å²) in [5.74, 6) is -1.77. The van der Waals surface area contributed by atoms with Crippen LogP contribution in [0.3, 0.4) is 0 Å². The maximum atomic E-state index is 14.1. The number of likely N-dealkylation sites (N-methyl/N-ethyl adjacent to an activating group) is 1. The van der Waals surface area contributed by atoms with Gasteiger partial charge >= 0.3 is 18.3 Å². The maximum absolute atomic E-state index is 14.1. The second-order valence-electron chi connectivity index (χ2n) is 11.9. The molecular weight excluding hydrogens is 607 g/mol. The van der Waals surface area contributed by atoms with E-state index in [4.69, 9.17) is 4.74 Å². The number of carbonyl (C=O) groups excluding carboxylic acids is 2. The molecule has 1 amide bonds. The van der Waals surface area contributed by atoms with E-state index in [9.17, 15) is 40.3 Å². The average molecular weight is 640 g/mol. The molecule has 1 saturated heterocycles. The number of ether oxygens (including phenoxy) is 1. The first-order valence-electron chi connectivity index (χ1n) is 13.9. The van der Waals surface area contributed by atoms with E-state index in [0.717, 1.165) is 4.90 Å². The van der Waals surface area contributed by atoms with Gasteiger partial charge in [-0.25, -0.2) is 4.39 Å². The Morgan fingerprint density at radius 1 is 0.956 bits per heavy atom. The van der Waals surface area contributed by atoms with E-state index in [1.807, 2.05) is 0 Å². The average Bonchev–Trinajstić information content (AvgIpc) is 3.37. The number of hydrogen-bond donors (Lipinski definition) is 1. The first-order valence-corrected chi connectivity index (χ1v) is 13.9. The highest BCUT2D eigenvalue weighted by Gasteiger charge is 2.44. The molecule has 13 heteroatoms. The largest absolute Gasteiger partial charge is 0.468 e. The molecule has 3 aromatic rings. The lowest BCUT2D eigenvalue weighted by atomic mass is 9.81. The molecule has 0 bridgehead atoms. The second kappa shape index (κ2) is 11.7. The Bertz CT molecular complexity index is 1600. The molecule has 0 spiro atoms. The molecule has 0 aliphatic carbocycles. The van der Waals surface area contributed by atoms with Gasteiger partial charge in [-0.15, -0.1) is 0 Å². The zero-order chi connectivity index (χ0) is 33.7. The van der Waals surface area contributed by atoms with Gasteiger partial charge in [0, 0.05) is 12.6 Å². The summed E-state index contributed by atoms with van der Waals surface area (Å²) in [6.45, 7) is 5.83. The van der Waals surface area contributed by atoms with Crippen LogP contribution in [0, 0.1) is 12.7 Å². The minimum Gasteiger partial charge on any atom is -0.468 e. The van der Waals surface area contributed by atoms with Crippen LogP contribution in [-0.2, 0) is 32.1 Å². The standard InChI is InChI=1S/C32H32F7N3O3/c1-17-11-21(33)7-8-22(17)23-15-25(24-9-10-30(4,41-24)28(44)45-6)40-16-26(23)42(5)27(43)29(2,3)18-12-19(31(34,35)36)14-20(13-18)32(37,38)39/h7-8,11-16,24,41H,9-10H2,1-6H3/t24?,30-/m1/s1.